The molecule has 0 radical (unpaired) electrons. The van der Waals surface area contributed by atoms with Crippen molar-refractivity contribution < 1.29 is 4.42 Å². The molecule has 0 bridgehead atoms. The summed E-state index contributed by atoms with van der Waals surface area (Å²) in [5.74, 6) is 1.60. The molecular formula is C17H14Cl2N2O. The number of nitrogens with one attached hydrogen (secondary N) is 1. The number of nitrogens with zero attached hydrogens (tertiary/aromatic N) is 1. The molecule has 3 aromatic rings. The zero-order valence-corrected chi connectivity index (χ0v) is 13.2. The summed E-state index contributed by atoms with van der Waals surface area (Å²) in [5, 5.41) is 4.48. The summed E-state index contributed by atoms with van der Waals surface area (Å²) in [5.41, 5.74) is 1.87. The zero-order valence-electron chi connectivity index (χ0n) is 11.7. The van der Waals surface area contributed by atoms with Gasteiger partial charge in [-0.15, -0.1) is 0 Å². The van der Waals surface area contributed by atoms with Crippen LogP contribution in [-0.4, -0.2) is 4.98 Å². The van der Waals surface area contributed by atoms with Gasteiger partial charge >= 0.3 is 0 Å². The molecule has 0 aliphatic rings. The topological polar surface area (TPSA) is 38.1 Å². The molecule has 3 nitrogen and oxygen atoms in total. The van der Waals surface area contributed by atoms with Crippen molar-refractivity contribution in [3.05, 3.63) is 76.2 Å². The average molecular weight is 333 g/mol. The molecule has 0 fully saturated rings. The normalized spacial score (nSPS) is 10.8. The molecule has 5 heteroatoms. The van der Waals surface area contributed by atoms with Crippen LogP contribution in [0, 0.1) is 0 Å². The lowest BCUT2D eigenvalue weighted by Crippen LogP contribution is -2.12. The minimum Gasteiger partial charge on any atom is -0.460 e. The van der Waals surface area contributed by atoms with Gasteiger partial charge in [-0.1, -0.05) is 29.3 Å². The van der Waals surface area contributed by atoms with E-state index in [2.05, 4.69) is 10.3 Å². The highest BCUT2D eigenvalue weighted by Gasteiger charge is 2.07. The highest BCUT2D eigenvalue weighted by Crippen LogP contribution is 2.28. The van der Waals surface area contributed by atoms with Crippen molar-refractivity contribution in [1.29, 1.82) is 0 Å². The molecule has 1 aromatic carbocycles. The van der Waals surface area contributed by atoms with Crippen LogP contribution in [0.5, 0.6) is 0 Å². The monoisotopic (exact) mass is 332 g/mol. The predicted molar refractivity (Wildman–Crippen MR) is 88.9 cm³/mol. The summed E-state index contributed by atoms with van der Waals surface area (Å²) < 4.78 is 5.82. The van der Waals surface area contributed by atoms with Crippen molar-refractivity contribution in [1.82, 2.24) is 10.3 Å². The third kappa shape index (κ3) is 3.89. The van der Waals surface area contributed by atoms with E-state index in [1.807, 2.05) is 42.5 Å². The third-order valence-corrected chi connectivity index (χ3v) is 3.58. The van der Waals surface area contributed by atoms with Crippen LogP contribution < -0.4 is 5.32 Å². The number of hydrogen-bond acceptors (Lipinski definition) is 3. The number of hydrogen-bond donors (Lipinski definition) is 1. The van der Waals surface area contributed by atoms with Crippen LogP contribution in [0.3, 0.4) is 0 Å². The molecule has 0 spiro atoms. The fraction of sp³-hybridized carbons (Fsp3) is 0.118. The van der Waals surface area contributed by atoms with Crippen molar-refractivity contribution in [3.63, 3.8) is 0 Å². The van der Waals surface area contributed by atoms with Crippen molar-refractivity contribution >= 4 is 23.2 Å². The first-order valence-electron chi connectivity index (χ1n) is 6.86. The Balaban J connectivity index is 1.64. The Morgan fingerprint density at radius 2 is 1.77 bits per heavy atom. The quantitative estimate of drug-likeness (QED) is 0.719. The summed E-state index contributed by atoms with van der Waals surface area (Å²) >= 11 is 12.0. The summed E-state index contributed by atoms with van der Waals surface area (Å²) in [7, 11) is 0. The molecular weight excluding hydrogens is 319 g/mol. The molecule has 0 saturated heterocycles. The highest BCUT2D eigenvalue weighted by molar-refractivity contribution is 6.35. The molecule has 112 valence electrons. The number of aromatic nitrogens is 1. The van der Waals surface area contributed by atoms with E-state index >= 15 is 0 Å². The van der Waals surface area contributed by atoms with E-state index in [-0.39, 0.29) is 0 Å². The maximum Gasteiger partial charge on any atom is 0.134 e. The second-order valence-corrected chi connectivity index (χ2v) is 5.72. The number of benzene rings is 1. The lowest BCUT2D eigenvalue weighted by Gasteiger charge is -2.02. The fourth-order valence-corrected chi connectivity index (χ4v) is 2.67. The van der Waals surface area contributed by atoms with Gasteiger partial charge in [-0.05, 0) is 42.5 Å². The van der Waals surface area contributed by atoms with E-state index in [9.17, 15) is 0 Å². The van der Waals surface area contributed by atoms with Crippen LogP contribution in [0.2, 0.25) is 10.0 Å². The van der Waals surface area contributed by atoms with Gasteiger partial charge in [-0.25, -0.2) is 0 Å². The third-order valence-electron chi connectivity index (χ3n) is 3.14. The van der Waals surface area contributed by atoms with Crippen LogP contribution in [0.4, 0.5) is 0 Å². The van der Waals surface area contributed by atoms with Gasteiger partial charge in [0.15, 0.2) is 0 Å². The van der Waals surface area contributed by atoms with Gasteiger partial charge in [-0.3, -0.25) is 4.98 Å². The predicted octanol–water partition coefficient (Wildman–Crippen LogP) is 4.94. The standard InChI is InChI=1S/C17H14Cl2N2O/c18-13-7-12(8-14(19)9-13)17-5-4-16(22-17)11-20-10-15-3-1-2-6-21-15/h1-9,20H,10-11H2. The molecule has 0 saturated carbocycles. The summed E-state index contributed by atoms with van der Waals surface area (Å²) in [4.78, 5) is 4.26. The second-order valence-electron chi connectivity index (χ2n) is 4.85. The molecule has 3 rings (SSSR count). The summed E-state index contributed by atoms with van der Waals surface area (Å²) in [6.45, 7) is 1.32. The number of halogens is 2. The van der Waals surface area contributed by atoms with Crippen molar-refractivity contribution in [3.8, 4) is 11.3 Å². The van der Waals surface area contributed by atoms with E-state index in [4.69, 9.17) is 27.6 Å². The number of furan rings is 1. The first-order chi connectivity index (χ1) is 10.7. The van der Waals surface area contributed by atoms with Gasteiger partial charge in [0.1, 0.15) is 11.5 Å². The van der Waals surface area contributed by atoms with Gasteiger partial charge in [0.05, 0.1) is 12.2 Å². The Kier molecular flexibility index (Phi) is 4.78. The molecule has 0 atom stereocenters. The second kappa shape index (κ2) is 6.97. The van der Waals surface area contributed by atoms with E-state index < -0.39 is 0 Å². The van der Waals surface area contributed by atoms with Crippen molar-refractivity contribution in [2.24, 2.45) is 0 Å². The smallest absolute Gasteiger partial charge is 0.134 e. The maximum atomic E-state index is 6.01. The summed E-state index contributed by atoms with van der Waals surface area (Å²) in [6, 6.07) is 15.1. The molecule has 0 amide bonds. The molecule has 1 N–H and O–H groups in total. The molecule has 0 aliphatic carbocycles. The molecule has 0 unspecified atom stereocenters. The van der Waals surface area contributed by atoms with Crippen LogP contribution in [0.15, 0.2) is 59.1 Å². The van der Waals surface area contributed by atoms with Crippen molar-refractivity contribution in [2.45, 2.75) is 13.1 Å². The Bertz CT molecular complexity index is 736. The van der Waals surface area contributed by atoms with Gasteiger partial charge in [-0.2, -0.15) is 0 Å². The lowest BCUT2D eigenvalue weighted by atomic mass is 10.2. The minimum absolute atomic E-state index is 0.591. The largest absolute Gasteiger partial charge is 0.460 e. The first kappa shape index (κ1) is 15.1. The molecule has 22 heavy (non-hydrogen) atoms. The SMILES string of the molecule is Clc1cc(Cl)cc(-c2ccc(CNCc3ccccn3)o2)c1. The van der Waals surface area contributed by atoms with Gasteiger partial charge in [0.2, 0.25) is 0 Å². The first-order valence-corrected chi connectivity index (χ1v) is 7.62. The fourth-order valence-electron chi connectivity index (χ4n) is 2.14. The van der Waals surface area contributed by atoms with E-state index in [0.717, 1.165) is 22.8 Å². The lowest BCUT2D eigenvalue weighted by molar-refractivity contribution is 0.492. The van der Waals surface area contributed by atoms with Gasteiger partial charge < -0.3 is 9.73 Å². The van der Waals surface area contributed by atoms with Gasteiger partial charge in [0, 0.05) is 28.4 Å². The van der Waals surface area contributed by atoms with E-state index in [0.29, 0.717) is 23.1 Å². The Morgan fingerprint density at radius 1 is 0.955 bits per heavy atom. The Labute approximate surface area is 138 Å². The average Bonchev–Trinajstić information content (AvgIpc) is 2.96. The Morgan fingerprint density at radius 3 is 2.50 bits per heavy atom. The minimum atomic E-state index is 0.591. The van der Waals surface area contributed by atoms with Crippen LogP contribution in [-0.2, 0) is 13.1 Å². The van der Waals surface area contributed by atoms with Crippen LogP contribution in [0.1, 0.15) is 11.5 Å². The van der Waals surface area contributed by atoms with Crippen molar-refractivity contribution in [2.75, 3.05) is 0 Å². The van der Waals surface area contributed by atoms with Gasteiger partial charge in [0.25, 0.3) is 0 Å². The maximum absolute atomic E-state index is 6.01. The highest BCUT2D eigenvalue weighted by atomic mass is 35.5. The van der Waals surface area contributed by atoms with Crippen LogP contribution >= 0.6 is 23.2 Å². The van der Waals surface area contributed by atoms with E-state index in [1.54, 1.807) is 12.3 Å². The number of pyridine rings is 1. The van der Waals surface area contributed by atoms with Crippen LogP contribution in [0.25, 0.3) is 11.3 Å². The Hall–Kier alpha value is -1.81. The molecule has 2 aromatic heterocycles. The summed E-state index contributed by atoms with van der Waals surface area (Å²) in [6.07, 6.45) is 1.78. The molecule has 0 aliphatic heterocycles. The number of rotatable bonds is 5. The zero-order chi connectivity index (χ0) is 15.4. The van der Waals surface area contributed by atoms with E-state index in [1.165, 1.54) is 0 Å². The molecule has 2 heterocycles.